The smallest absolute Gasteiger partial charge is 0.384 e. The number of nitrogens with zero attached hydrogens (tertiary/aromatic N) is 3. The molecule has 1 aliphatic carbocycles. The van der Waals surface area contributed by atoms with Crippen LogP contribution in [0.2, 0.25) is 5.02 Å². The van der Waals surface area contributed by atoms with Gasteiger partial charge < -0.3 is 15.0 Å². The lowest BCUT2D eigenvalue weighted by Gasteiger charge is -2.39. The van der Waals surface area contributed by atoms with Gasteiger partial charge in [-0.25, -0.2) is 8.42 Å². The van der Waals surface area contributed by atoms with Gasteiger partial charge in [0.2, 0.25) is 0 Å². The molecule has 4 aromatic carbocycles. The van der Waals surface area contributed by atoms with E-state index in [4.69, 9.17) is 16.3 Å². The van der Waals surface area contributed by atoms with Crippen molar-refractivity contribution in [3.63, 3.8) is 0 Å². The molecule has 1 amide bonds. The third kappa shape index (κ3) is 13.9. The summed E-state index contributed by atoms with van der Waals surface area (Å²) in [4.78, 5) is 20.7. The Labute approximate surface area is 384 Å². The third-order valence-electron chi connectivity index (χ3n) is 11.5. The summed E-state index contributed by atoms with van der Waals surface area (Å²) in [5, 5.41) is 3.61. The number of ether oxygens (including phenoxy) is 1. The van der Waals surface area contributed by atoms with E-state index in [1.54, 1.807) is 23.9 Å². The van der Waals surface area contributed by atoms with E-state index >= 15 is 0 Å². The predicted octanol–water partition coefficient (Wildman–Crippen LogP) is 10.4. The number of sulfone groups is 1. The van der Waals surface area contributed by atoms with Gasteiger partial charge in [0.25, 0.3) is 15.7 Å². The molecule has 0 bridgehead atoms. The Morgan fingerprint density at radius 1 is 0.857 bits per heavy atom. The first-order valence-corrected chi connectivity index (χ1v) is 25.1. The maximum Gasteiger partial charge on any atom is 0.501 e. The molecule has 4 aromatic rings. The lowest BCUT2D eigenvalue weighted by atomic mass is 9.73. The van der Waals surface area contributed by atoms with Gasteiger partial charge in [0.05, 0.1) is 18.9 Å². The second-order valence-corrected chi connectivity index (χ2v) is 20.7. The zero-order chi connectivity index (χ0) is 45.0. The Bertz CT molecular complexity index is 2250. The number of anilines is 2. The molecule has 0 radical (unpaired) electrons. The average Bonchev–Trinajstić information content (AvgIpc) is 3.28. The number of rotatable bonds is 14. The van der Waals surface area contributed by atoms with E-state index in [1.165, 1.54) is 33.7 Å². The minimum Gasteiger partial charge on any atom is -0.384 e. The molecule has 0 spiro atoms. The van der Waals surface area contributed by atoms with Crippen LogP contribution in [0.1, 0.15) is 55.5 Å². The number of thioether (sulfide) groups is 1. The van der Waals surface area contributed by atoms with Crippen molar-refractivity contribution in [2.24, 2.45) is 5.41 Å². The Hall–Kier alpha value is -3.70. The van der Waals surface area contributed by atoms with Crippen LogP contribution in [-0.2, 0) is 14.6 Å². The summed E-state index contributed by atoms with van der Waals surface area (Å²) in [6, 6.07) is 29.5. The molecule has 0 unspecified atom stereocenters. The van der Waals surface area contributed by atoms with E-state index in [9.17, 15) is 26.4 Å². The zero-order valence-electron chi connectivity index (χ0n) is 36.1. The van der Waals surface area contributed by atoms with Crippen LogP contribution in [0.15, 0.2) is 117 Å². The van der Waals surface area contributed by atoms with Crippen LogP contribution < -0.4 is 14.9 Å². The van der Waals surface area contributed by atoms with Crippen molar-refractivity contribution in [3.8, 4) is 0 Å². The summed E-state index contributed by atoms with van der Waals surface area (Å²) in [5.74, 6) is -0.452. The van der Waals surface area contributed by atoms with Gasteiger partial charge in [-0.3, -0.25) is 19.3 Å². The molecule has 63 heavy (non-hydrogen) atoms. The molecule has 7 rings (SSSR count). The molecule has 9 nitrogen and oxygen atoms in total. The minimum atomic E-state index is -5.65. The Balaban J connectivity index is 0.000000743. The number of carbonyl (C=O) groups is 1. The summed E-state index contributed by atoms with van der Waals surface area (Å²) < 4.78 is 74.1. The standard InChI is InChI=1S/C40H49ClF3N5O4S2.C7H8S/c1-39(2)15-14-35(29-4-8-32(41)9-5-29)31(27-39)28-48-18-20-49(21-19-48)33-10-6-30(7-11-33)38(50)46-54-34-12-13-36(37(26-34)55(51,52)40(42,43)44)45-16-3-17-47-22-24-53-25-23-47;1-8-7-5-3-2-4-6-7/h4-13,26,45H,3,14-25,27-28H2,1-2H3,(H,46,50);2-6H,1H3. The van der Waals surface area contributed by atoms with E-state index in [-0.39, 0.29) is 22.5 Å². The second-order valence-electron chi connectivity index (χ2n) is 16.6. The monoisotopic (exact) mass is 943 g/mol. The molecule has 340 valence electrons. The number of carbonyl (C=O) groups excluding carboxylic acids is 1. The van der Waals surface area contributed by atoms with E-state index in [1.807, 2.05) is 42.5 Å². The molecule has 3 aliphatic rings. The fourth-order valence-corrected chi connectivity index (χ4v) is 10.2. The highest BCUT2D eigenvalue weighted by atomic mass is 35.5. The number of piperazine rings is 1. The number of amides is 1. The Morgan fingerprint density at radius 3 is 2.17 bits per heavy atom. The quantitative estimate of drug-likeness (QED) is 0.0723. The number of hydrogen-bond donors (Lipinski definition) is 2. The van der Waals surface area contributed by atoms with Crippen molar-refractivity contribution in [2.75, 3.05) is 88.6 Å². The van der Waals surface area contributed by atoms with Crippen molar-refractivity contribution in [1.29, 1.82) is 0 Å². The lowest BCUT2D eigenvalue weighted by molar-refractivity contribution is -0.0435. The highest BCUT2D eigenvalue weighted by Crippen LogP contribution is 2.43. The van der Waals surface area contributed by atoms with Crippen LogP contribution in [0, 0.1) is 5.41 Å². The highest BCUT2D eigenvalue weighted by Gasteiger charge is 2.48. The summed E-state index contributed by atoms with van der Waals surface area (Å²) in [6.07, 6.45) is 5.97. The zero-order valence-corrected chi connectivity index (χ0v) is 39.3. The van der Waals surface area contributed by atoms with Crippen LogP contribution in [0.5, 0.6) is 0 Å². The van der Waals surface area contributed by atoms with Crippen LogP contribution in [0.3, 0.4) is 0 Å². The van der Waals surface area contributed by atoms with Crippen LogP contribution in [0.4, 0.5) is 24.5 Å². The van der Waals surface area contributed by atoms with Gasteiger partial charge in [0.15, 0.2) is 0 Å². The molecule has 16 heteroatoms. The molecular formula is C47H57ClF3N5O4S3. The molecular weight excluding hydrogens is 887 g/mol. The topological polar surface area (TPSA) is 94.2 Å². The maximum absolute atomic E-state index is 13.7. The number of benzene rings is 4. The SMILES string of the molecule is CC1(C)CCC(c2ccc(Cl)cc2)=C(CN2CCN(c3ccc(C(=O)NSc4ccc(NCCCN5CCOCC5)c(S(=O)(=O)C(F)(F)F)c4)cc3)CC2)C1.CSc1ccccc1. The summed E-state index contributed by atoms with van der Waals surface area (Å²) in [7, 11) is -5.65. The first-order valence-electron chi connectivity index (χ1n) is 21.2. The molecule has 0 atom stereocenters. The lowest BCUT2D eigenvalue weighted by Crippen LogP contribution is -2.47. The van der Waals surface area contributed by atoms with Gasteiger partial charge in [-0.05, 0) is 134 Å². The van der Waals surface area contributed by atoms with Crippen LogP contribution >= 0.6 is 35.3 Å². The summed E-state index contributed by atoms with van der Waals surface area (Å²) in [6.45, 7) is 12.9. The van der Waals surface area contributed by atoms with E-state index in [2.05, 4.69) is 69.1 Å². The summed E-state index contributed by atoms with van der Waals surface area (Å²) >= 11 is 8.71. The number of allylic oxidation sites excluding steroid dienone is 1. The molecule has 2 N–H and O–H groups in total. The largest absolute Gasteiger partial charge is 0.501 e. The molecule has 2 saturated heterocycles. The van der Waals surface area contributed by atoms with Crippen molar-refractivity contribution < 1.29 is 31.1 Å². The molecule has 2 aliphatic heterocycles. The first-order chi connectivity index (χ1) is 30.1. The molecule has 2 heterocycles. The van der Waals surface area contributed by atoms with E-state index in [0.29, 0.717) is 31.7 Å². The molecule has 0 saturated carbocycles. The first kappa shape index (κ1) is 48.7. The Kier molecular flexibility index (Phi) is 17.4. The third-order valence-corrected chi connectivity index (χ3v) is 14.8. The van der Waals surface area contributed by atoms with Crippen molar-refractivity contribution in [3.05, 3.63) is 119 Å². The van der Waals surface area contributed by atoms with Crippen LogP contribution in [0.25, 0.3) is 5.57 Å². The average molecular weight is 945 g/mol. The van der Waals surface area contributed by atoms with Gasteiger partial charge in [-0.15, -0.1) is 11.8 Å². The maximum atomic E-state index is 13.7. The predicted molar refractivity (Wildman–Crippen MR) is 253 cm³/mol. The van der Waals surface area contributed by atoms with Gasteiger partial charge in [0.1, 0.15) is 4.90 Å². The Morgan fingerprint density at radius 2 is 1.54 bits per heavy atom. The molecule has 2 fully saturated rings. The van der Waals surface area contributed by atoms with Crippen LogP contribution in [-0.4, -0.2) is 108 Å². The fourth-order valence-electron chi connectivity index (χ4n) is 7.95. The van der Waals surface area contributed by atoms with Crippen molar-refractivity contribution in [2.45, 2.75) is 59.7 Å². The number of alkyl halides is 3. The number of halogens is 4. The van der Waals surface area contributed by atoms with Gasteiger partial charge >= 0.3 is 5.51 Å². The fraction of sp³-hybridized carbons (Fsp3) is 0.426. The highest BCUT2D eigenvalue weighted by molar-refractivity contribution is 7.98. The van der Waals surface area contributed by atoms with Gasteiger partial charge in [-0.1, -0.05) is 61.4 Å². The second kappa shape index (κ2) is 22.5. The van der Waals surface area contributed by atoms with Crippen molar-refractivity contribution in [1.82, 2.24) is 14.5 Å². The number of morpholine rings is 1. The number of hydrogen-bond acceptors (Lipinski definition) is 10. The van der Waals surface area contributed by atoms with Gasteiger partial charge in [-0.2, -0.15) is 13.2 Å². The van der Waals surface area contributed by atoms with E-state index < -0.39 is 26.1 Å². The van der Waals surface area contributed by atoms with Gasteiger partial charge in [0, 0.05) is 78.4 Å². The van der Waals surface area contributed by atoms with Crippen molar-refractivity contribution >= 4 is 68.0 Å². The molecule has 0 aromatic heterocycles. The number of nitrogens with one attached hydrogen (secondary N) is 2. The normalized spacial score (nSPS) is 17.5. The van der Waals surface area contributed by atoms with E-state index in [0.717, 1.165) is 93.8 Å². The minimum absolute atomic E-state index is 0.135. The summed E-state index contributed by atoms with van der Waals surface area (Å²) in [5.41, 5.74) is 0.219.